The molecule has 0 amide bonds. The van der Waals surface area contributed by atoms with Crippen molar-refractivity contribution < 1.29 is 4.74 Å². The van der Waals surface area contributed by atoms with Gasteiger partial charge in [-0.15, -0.1) is 10.2 Å². The second-order valence-corrected chi connectivity index (χ2v) is 5.98. The number of nitrogens with one attached hydrogen (secondary N) is 1. The molecule has 2 rings (SSSR count). The van der Waals surface area contributed by atoms with Crippen molar-refractivity contribution in [2.24, 2.45) is 5.41 Å². The molecule has 0 aromatic carbocycles. The minimum absolute atomic E-state index is 0.162. The van der Waals surface area contributed by atoms with E-state index in [1.807, 2.05) is 0 Å². The summed E-state index contributed by atoms with van der Waals surface area (Å²) in [6, 6.07) is 0.287. The van der Waals surface area contributed by atoms with E-state index in [0.717, 1.165) is 44.2 Å². The molecule has 1 unspecified atom stereocenters. The SMILES string of the molecule is COCCCc1nnc2n1CCNC2C(C)(C)C. The fourth-order valence-electron chi connectivity index (χ4n) is 2.47. The monoisotopic (exact) mass is 252 g/mol. The Morgan fingerprint density at radius 1 is 1.39 bits per heavy atom. The van der Waals surface area contributed by atoms with Crippen molar-refractivity contribution in [1.29, 1.82) is 0 Å². The van der Waals surface area contributed by atoms with Crippen LogP contribution in [0.4, 0.5) is 0 Å². The van der Waals surface area contributed by atoms with E-state index in [4.69, 9.17) is 4.74 Å². The van der Waals surface area contributed by atoms with E-state index in [1.165, 1.54) is 0 Å². The second-order valence-electron chi connectivity index (χ2n) is 5.98. The highest BCUT2D eigenvalue weighted by Gasteiger charge is 2.33. The van der Waals surface area contributed by atoms with Crippen molar-refractivity contribution in [3.63, 3.8) is 0 Å². The summed E-state index contributed by atoms with van der Waals surface area (Å²) in [6.07, 6.45) is 1.94. The number of methoxy groups -OCH3 is 1. The maximum Gasteiger partial charge on any atom is 0.150 e. The van der Waals surface area contributed by atoms with Crippen molar-refractivity contribution in [1.82, 2.24) is 20.1 Å². The molecular weight excluding hydrogens is 228 g/mol. The number of hydrogen-bond acceptors (Lipinski definition) is 4. The van der Waals surface area contributed by atoms with Crippen LogP contribution in [0.1, 0.15) is 44.9 Å². The summed E-state index contributed by atoms with van der Waals surface area (Å²) in [5, 5.41) is 12.3. The molecule has 18 heavy (non-hydrogen) atoms. The van der Waals surface area contributed by atoms with Crippen LogP contribution in [0.25, 0.3) is 0 Å². The van der Waals surface area contributed by atoms with Crippen molar-refractivity contribution in [3.05, 3.63) is 11.6 Å². The van der Waals surface area contributed by atoms with Gasteiger partial charge in [0.05, 0.1) is 6.04 Å². The zero-order valence-corrected chi connectivity index (χ0v) is 11.9. The Balaban J connectivity index is 2.16. The van der Waals surface area contributed by atoms with Gasteiger partial charge >= 0.3 is 0 Å². The first kappa shape index (κ1) is 13.5. The molecule has 102 valence electrons. The van der Waals surface area contributed by atoms with E-state index in [9.17, 15) is 0 Å². The third-order valence-electron chi connectivity index (χ3n) is 3.41. The van der Waals surface area contributed by atoms with Gasteiger partial charge in [0.1, 0.15) is 5.82 Å². The molecule has 2 heterocycles. The van der Waals surface area contributed by atoms with E-state index < -0.39 is 0 Å². The highest BCUT2D eigenvalue weighted by Crippen LogP contribution is 2.33. The normalized spacial score (nSPS) is 19.9. The largest absolute Gasteiger partial charge is 0.385 e. The van der Waals surface area contributed by atoms with Crippen LogP contribution >= 0.6 is 0 Å². The Morgan fingerprint density at radius 3 is 2.83 bits per heavy atom. The van der Waals surface area contributed by atoms with Crippen LogP contribution in [0.15, 0.2) is 0 Å². The first-order valence-electron chi connectivity index (χ1n) is 6.68. The van der Waals surface area contributed by atoms with Gasteiger partial charge in [-0.2, -0.15) is 0 Å². The zero-order valence-electron chi connectivity index (χ0n) is 11.9. The lowest BCUT2D eigenvalue weighted by Gasteiger charge is -2.34. The summed E-state index contributed by atoms with van der Waals surface area (Å²) in [4.78, 5) is 0. The molecule has 0 bridgehead atoms. The molecule has 5 heteroatoms. The molecular formula is C13H24N4O. The lowest BCUT2D eigenvalue weighted by atomic mass is 9.85. The van der Waals surface area contributed by atoms with Crippen LogP contribution in [0.2, 0.25) is 0 Å². The predicted molar refractivity (Wildman–Crippen MR) is 70.4 cm³/mol. The summed E-state index contributed by atoms with van der Waals surface area (Å²) in [5.41, 5.74) is 0.162. The Labute approximate surface area is 109 Å². The molecule has 0 spiro atoms. The topological polar surface area (TPSA) is 52.0 Å². The molecule has 1 aliphatic heterocycles. The molecule has 5 nitrogen and oxygen atoms in total. The number of aryl methyl sites for hydroxylation is 1. The van der Waals surface area contributed by atoms with Gasteiger partial charge in [-0.05, 0) is 11.8 Å². The van der Waals surface area contributed by atoms with Crippen LogP contribution in [0.3, 0.4) is 0 Å². The summed E-state index contributed by atoms with van der Waals surface area (Å²) >= 11 is 0. The number of aromatic nitrogens is 3. The molecule has 1 atom stereocenters. The van der Waals surface area contributed by atoms with Crippen LogP contribution in [-0.4, -0.2) is 35.0 Å². The number of nitrogens with zero attached hydrogens (tertiary/aromatic N) is 3. The molecule has 0 fully saturated rings. The maximum absolute atomic E-state index is 5.09. The summed E-state index contributed by atoms with van der Waals surface area (Å²) in [6.45, 7) is 9.45. The number of hydrogen-bond donors (Lipinski definition) is 1. The summed E-state index contributed by atoms with van der Waals surface area (Å²) in [7, 11) is 1.73. The third kappa shape index (κ3) is 2.72. The van der Waals surface area contributed by atoms with Crippen LogP contribution in [-0.2, 0) is 17.7 Å². The van der Waals surface area contributed by atoms with Gasteiger partial charge in [0.2, 0.25) is 0 Å². The minimum Gasteiger partial charge on any atom is -0.385 e. The first-order chi connectivity index (χ1) is 8.54. The zero-order chi connectivity index (χ0) is 13.2. The van der Waals surface area contributed by atoms with Gasteiger partial charge in [0.15, 0.2) is 5.82 Å². The maximum atomic E-state index is 5.09. The standard InChI is InChI=1S/C13H24N4O/c1-13(2,3)11-12-16-15-10(6-5-9-18-4)17(12)8-7-14-11/h11,14H,5-9H2,1-4H3. The number of fused-ring (bicyclic) bond motifs is 1. The van der Waals surface area contributed by atoms with Crippen LogP contribution in [0.5, 0.6) is 0 Å². The Bertz CT molecular complexity index is 394. The molecule has 1 N–H and O–H groups in total. The van der Waals surface area contributed by atoms with Gasteiger partial charge in [-0.25, -0.2) is 0 Å². The van der Waals surface area contributed by atoms with Gasteiger partial charge in [-0.1, -0.05) is 20.8 Å². The minimum atomic E-state index is 0.162. The van der Waals surface area contributed by atoms with Crippen molar-refractivity contribution >= 4 is 0 Å². The lowest BCUT2D eigenvalue weighted by Crippen LogP contribution is -2.41. The molecule has 0 saturated heterocycles. The fourth-order valence-corrected chi connectivity index (χ4v) is 2.47. The fraction of sp³-hybridized carbons (Fsp3) is 0.846. The van der Waals surface area contributed by atoms with Crippen molar-refractivity contribution in [2.45, 2.75) is 46.2 Å². The second kappa shape index (κ2) is 5.36. The van der Waals surface area contributed by atoms with E-state index in [0.29, 0.717) is 0 Å². The lowest BCUT2D eigenvalue weighted by molar-refractivity contribution is 0.193. The molecule has 1 aliphatic rings. The van der Waals surface area contributed by atoms with E-state index >= 15 is 0 Å². The number of ether oxygens (including phenoxy) is 1. The molecule has 0 aliphatic carbocycles. The molecule has 0 radical (unpaired) electrons. The highest BCUT2D eigenvalue weighted by atomic mass is 16.5. The summed E-state index contributed by atoms with van der Waals surface area (Å²) < 4.78 is 7.37. The molecule has 1 aromatic rings. The van der Waals surface area contributed by atoms with Crippen molar-refractivity contribution in [2.75, 3.05) is 20.3 Å². The Morgan fingerprint density at radius 2 is 2.17 bits per heavy atom. The quantitative estimate of drug-likeness (QED) is 0.826. The van der Waals surface area contributed by atoms with Gasteiger partial charge in [0, 0.05) is 33.2 Å². The van der Waals surface area contributed by atoms with Crippen LogP contribution in [0, 0.1) is 5.41 Å². The third-order valence-corrected chi connectivity index (χ3v) is 3.41. The number of rotatable bonds is 4. The summed E-state index contributed by atoms with van der Waals surface area (Å²) in [5.74, 6) is 2.18. The van der Waals surface area contributed by atoms with E-state index in [1.54, 1.807) is 7.11 Å². The Hall–Kier alpha value is -0.940. The predicted octanol–water partition coefficient (Wildman–Crippen LogP) is 1.55. The van der Waals surface area contributed by atoms with Gasteiger partial charge in [0.25, 0.3) is 0 Å². The average molecular weight is 252 g/mol. The first-order valence-corrected chi connectivity index (χ1v) is 6.68. The van der Waals surface area contributed by atoms with Gasteiger partial charge in [-0.3, -0.25) is 0 Å². The Kier molecular flexibility index (Phi) is 4.02. The van der Waals surface area contributed by atoms with E-state index in [-0.39, 0.29) is 11.5 Å². The van der Waals surface area contributed by atoms with E-state index in [2.05, 4.69) is 40.9 Å². The average Bonchev–Trinajstić information content (AvgIpc) is 2.71. The van der Waals surface area contributed by atoms with Crippen LogP contribution < -0.4 is 5.32 Å². The molecule has 1 aromatic heterocycles. The van der Waals surface area contributed by atoms with Gasteiger partial charge < -0.3 is 14.6 Å². The van der Waals surface area contributed by atoms with Crippen molar-refractivity contribution in [3.8, 4) is 0 Å². The smallest absolute Gasteiger partial charge is 0.150 e. The highest BCUT2D eigenvalue weighted by molar-refractivity contribution is 5.08. The molecule has 0 saturated carbocycles.